The van der Waals surface area contributed by atoms with Gasteiger partial charge in [0.2, 0.25) is 5.91 Å². The molecule has 0 radical (unpaired) electrons. The zero-order valence-electron chi connectivity index (χ0n) is 12.4. The zero-order chi connectivity index (χ0) is 15.6. The van der Waals surface area contributed by atoms with Crippen molar-refractivity contribution in [2.24, 2.45) is 5.73 Å². The average Bonchev–Trinajstić information content (AvgIpc) is 2.95. The molecule has 1 amide bonds. The molecule has 0 unspecified atom stereocenters. The van der Waals surface area contributed by atoms with Crippen molar-refractivity contribution in [1.29, 1.82) is 0 Å². The number of aromatic amines is 1. The number of anilines is 1. The number of aromatic nitrogens is 3. The van der Waals surface area contributed by atoms with Crippen molar-refractivity contribution in [3.8, 4) is 11.4 Å². The Bertz CT molecular complexity index is 676. The van der Waals surface area contributed by atoms with E-state index in [0.29, 0.717) is 37.6 Å². The number of carbonyl (C=O) groups excluding carboxylic acids is 1. The van der Waals surface area contributed by atoms with Gasteiger partial charge >= 0.3 is 0 Å². The number of amides is 1. The van der Waals surface area contributed by atoms with Crippen molar-refractivity contribution in [1.82, 2.24) is 15.2 Å². The number of nitrogens with two attached hydrogens (primary N) is 1. The molecule has 22 heavy (non-hydrogen) atoms. The second-order valence-corrected chi connectivity index (χ2v) is 5.55. The number of aryl methyl sites for hydroxylation is 1. The lowest BCUT2D eigenvalue weighted by molar-refractivity contribution is -0.124. The molecule has 2 heterocycles. The van der Waals surface area contributed by atoms with Crippen LogP contribution < -0.4 is 11.1 Å². The molecular weight excluding hydrogens is 282 g/mol. The number of nitrogens with zero attached hydrogens (tertiary/aromatic N) is 2. The molecule has 1 saturated heterocycles. The fourth-order valence-corrected chi connectivity index (χ4v) is 2.43. The van der Waals surface area contributed by atoms with Crippen LogP contribution >= 0.6 is 0 Å². The first kappa shape index (κ1) is 14.7. The van der Waals surface area contributed by atoms with Gasteiger partial charge in [0.1, 0.15) is 11.4 Å². The highest BCUT2D eigenvalue weighted by atomic mass is 16.5. The van der Waals surface area contributed by atoms with Crippen molar-refractivity contribution < 1.29 is 9.53 Å². The van der Waals surface area contributed by atoms with E-state index in [1.54, 1.807) is 0 Å². The fraction of sp³-hybridized carbons (Fsp3) is 0.400. The standard InChI is InChI=1S/C15H19N5O2/c1-10-17-13(20-19-10)11-3-2-4-12(9-11)18-14(21)15(16)5-7-22-8-6-15/h2-4,9H,5-8,16H2,1H3,(H,18,21)(H,17,19,20). The topological polar surface area (TPSA) is 106 Å². The minimum absolute atomic E-state index is 0.181. The van der Waals surface area contributed by atoms with E-state index in [0.717, 1.165) is 11.4 Å². The number of carbonyl (C=O) groups is 1. The Hall–Kier alpha value is -2.25. The van der Waals surface area contributed by atoms with Crippen LogP contribution in [0.1, 0.15) is 18.7 Å². The van der Waals surface area contributed by atoms with Gasteiger partial charge in [0.25, 0.3) is 0 Å². The third kappa shape index (κ3) is 3.00. The molecule has 0 aliphatic carbocycles. The van der Waals surface area contributed by atoms with Gasteiger partial charge in [0, 0.05) is 24.5 Å². The summed E-state index contributed by atoms with van der Waals surface area (Å²) in [5, 5.41) is 9.81. The molecule has 0 spiro atoms. The summed E-state index contributed by atoms with van der Waals surface area (Å²) >= 11 is 0. The Labute approximate surface area is 128 Å². The van der Waals surface area contributed by atoms with Crippen LogP contribution in [-0.4, -0.2) is 39.8 Å². The van der Waals surface area contributed by atoms with E-state index in [4.69, 9.17) is 10.5 Å². The van der Waals surface area contributed by atoms with Gasteiger partial charge in [-0.25, -0.2) is 4.98 Å². The van der Waals surface area contributed by atoms with E-state index in [1.165, 1.54) is 0 Å². The number of nitrogens with one attached hydrogen (secondary N) is 2. The summed E-state index contributed by atoms with van der Waals surface area (Å²) in [4.78, 5) is 16.7. The Morgan fingerprint density at radius 2 is 2.18 bits per heavy atom. The van der Waals surface area contributed by atoms with Crippen LogP contribution in [0.5, 0.6) is 0 Å². The number of benzene rings is 1. The molecule has 1 fully saturated rings. The van der Waals surface area contributed by atoms with Gasteiger partial charge in [-0.2, -0.15) is 5.10 Å². The van der Waals surface area contributed by atoms with Crippen LogP contribution in [0.3, 0.4) is 0 Å². The minimum Gasteiger partial charge on any atom is -0.381 e. The molecule has 0 saturated carbocycles. The maximum absolute atomic E-state index is 12.4. The van der Waals surface area contributed by atoms with E-state index in [-0.39, 0.29) is 5.91 Å². The minimum atomic E-state index is -0.866. The molecule has 2 aromatic rings. The van der Waals surface area contributed by atoms with Crippen LogP contribution in [0.2, 0.25) is 0 Å². The van der Waals surface area contributed by atoms with Gasteiger partial charge < -0.3 is 15.8 Å². The van der Waals surface area contributed by atoms with Crippen LogP contribution in [0.25, 0.3) is 11.4 Å². The second kappa shape index (κ2) is 5.86. The summed E-state index contributed by atoms with van der Waals surface area (Å²) in [5.41, 5.74) is 6.83. The molecular formula is C15H19N5O2. The third-order valence-corrected chi connectivity index (χ3v) is 3.81. The number of H-pyrrole nitrogens is 1. The largest absolute Gasteiger partial charge is 0.381 e. The maximum Gasteiger partial charge on any atom is 0.244 e. The lowest BCUT2D eigenvalue weighted by Gasteiger charge is -2.31. The first-order valence-electron chi connectivity index (χ1n) is 7.24. The van der Waals surface area contributed by atoms with Gasteiger partial charge in [-0.1, -0.05) is 12.1 Å². The predicted octanol–water partition coefficient (Wildman–Crippen LogP) is 1.23. The van der Waals surface area contributed by atoms with E-state index in [1.807, 2.05) is 31.2 Å². The maximum atomic E-state index is 12.4. The highest BCUT2D eigenvalue weighted by Gasteiger charge is 2.35. The molecule has 4 N–H and O–H groups in total. The van der Waals surface area contributed by atoms with Crippen molar-refractivity contribution in [2.75, 3.05) is 18.5 Å². The van der Waals surface area contributed by atoms with E-state index >= 15 is 0 Å². The average molecular weight is 301 g/mol. The molecule has 0 bridgehead atoms. The zero-order valence-corrected chi connectivity index (χ0v) is 12.4. The molecule has 1 aromatic heterocycles. The number of hydrogen-bond acceptors (Lipinski definition) is 5. The van der Waals surface area contributed by atoms with Gasteiger partial charge in [0.15, 0.2) is 5.82 Å². The number of hydrogen-bond donors (Lipinski definition) is 3. The Morgan fingerprint density at radius 3 is 2.86 bits per heavy atom. The lowest BCUT2D eigenvalue weighted by atomic mass is 9.90. The van der Waals surface area contributed by atoms with Crippen molar-refractivity contribution in [3.05, 3.63) is 30.1 Å². The summed E-state index contributed by atoms with van der Waals surface area (Å²) in [5.74, 6) is 1.16. The molecule has 3 rings (SSSR count). The summed E-state index contributed by atoms with van der Waals surface area (Å²) < 4.78 is 5.26. The monoisotopic (exact) mass is 301 g/mol. The summed E-state index contributed by atoms with van der Waals surface area (Å²) in [6, 6.07) is 7.40. The summed E-state index contributed by atoms with van der Waals surface area (Å²) in [6.45, 7) is 2.87. The highest BCUT2D eigenvalue weighted by Crippen LogP contribution is 2.23. The molecule has 7 heteroatoms. The van der Waals surface area contributed by atoms with Gasteiger partial charge in [-0.3, -0.25) is 9.89 Å². The van der Waals surface area contributed by atoms with Crippen molar-refractivity contribution >= 4 is 11.6 Å². The van der Waals surface area contributed by atoms with Crippen LogP contribution in [-0.2, 0) is 9.53 Å². The van der Waals surface area contributed by atoms with Gasteiger partial charge in [-0.15, -0.1) is 0 Å². The Balaban J connectivity index is 1.76. The fourth-order valence-electron chi connectivity index (χ4n) is 2.43. The molecule has 1 aliphatic rings. The summed E-state index contributed by atoms with van der Waals surface area (Å²) in [7, 11) is 0. The third-order valence-electron chi connectivity index (χ3n) is 3.81. The quantitative estimate of drug-likeness (QED) is 0.790. The van der Waals surface area contributed by atoms with Crippen molar-refractivity contribution in [3.63, 3.8) is 0 Å². The van der Waals surface area contributed by atoms with Gasteiger partial charge in [-0.05, 0) is 31.9 Å². The summed E-state index contributed by atoms with van der Waals surface area (Å²) in [6.07, 6.45) is 1.05. The molecule has 116 valence electrons. The Morgan fingerprint density at radius 1 is 1.41 bits per heavy atom. The molecule has 0 atom stereocenters. The van der Waals surface area contributed by atoms with E-state index < -0.39 is 5.54 Å². The van der Waals surface area contributed by atoms with Crippen LogP contribution in [0.15, 0.2) is 24.3 Å². The second-order valence-electron chi connectivity index (χ2n) is 5.55. The van der Waals surface area contributed by atoms with E-state index in [2.05, 4.69) is 20.5 Å². The first-order chi connectivity index (χ1) is 10.6. The molecule has 7 nitrogen and oxygen atoms in total. The smallest absolute Gasteiger partial charge is 0.244 e. The van der Waals surface area contributed by atoms with Crippen molar-refractivity contribution in [2.45, 2.75) is 25.3 Å². The SMILES string of the molecule is Cc1nc(-c2cccc(NC(=O)C3(N)CCOCC3)c2)n[nH]1. The number of ether oxygens (including phenoxy) is 1. The predicted molar refractivity (Wildman–Crippen MR) is 82.2 cm³/mol. The first-order valence-corrected chi connectivity index (χ1v) is 7.24. The number of rotatable bonds is 3. The van der Waals surface area contributed by atoms with Gasteiger partial charge in [0.05, 0.1) is 0 Å². The Kier molecular flexibility index (Phi) is 3.91. The lowest BCUT2D eigenvalue weighted by Crippen LogP contribution is -2.54. The van der Waals surface area contributed by atoms with Crippen LogP contribution in [0, 0.1) is 6.92 Å². The molecule has 1 aliphatic heterocycles. The van der Waals surface area contributed by atoms with E-state index in [9.17, 15) is 4.79 Å². The van der Waals surface area contributed by atoms with Crippen LogP contribution in [0.4, 0.5) is 5.69 Å². The highest BCUT2D eigenvalue weighted by molar-refractivity contribution is 5.98. The normalized spacial score (nSPS) is 17.2. The molecule has 1 aromatic carbocycles.